The molecule has 0 bridgehead atoms. The lowest BCUT2D eigenvalue weighted by molar-refractivity contribution is 0.289. The second-order valence-corrected chi connectivity index (χ2v) is 7.99. The Morgan fingerprint density at radius 3 is 2.23 bits per heavy atom. The highest BCUT2D eigenvalue weighted by Crippen LogP contribution is 2.19. The summed E-state index contributed by atoms with van der Waals surface area (Å²) in [4.78, 5) is 0. The molecule has 3 aromatic carbocycles. The average molecular weight is 404 g/mol. The van der Waals surface area contributed by atoms with Crippen LogP contribution in [0.2, 0.25) is 0 Å². The van der Waals surface area contributed by atoms with Gasteiger partial charge in [0.05, 0.1) is 13.2 Å². The summed E-state index contributed by atoms with van der Waals surface area (Å²) in [5, 5.41) is 3.47. The van der Waals surface area contributed by atoms with Crippen molar-refractivity contribution in [1.29, 1.82) is 0 Å². The van der Waals surface area contributed by atoms with E-state index in [-0.39, 0.29) is 0 Å². The molecule has 1 N–H and O–H groups in total. The Kier molecular flexibility index (Phi) is 8.64. The van der Waals surface area contributed by atoms with E-state index in [1.165, 1.54) is 11.1 Å². The summed E-state index contributed by atoms with van der Waals surface area (Å²) >= 11 is 0. The van der Waals surface area contributed by atoms with E-state index in [0.29, 0.717) is 5.92 Å². The van der Waals surface area contributed by atoms with Gasteiger partial charge in [0.2, 0.25) is 0 Å². The number of hydrogen-bond acceptors (Lipinski definition) is 3. The summed E-state index contributed by atoms with van der Waals surface area (Å²) < 4.78 is 11.7. The van der Waals surface area contributed by atoms with Crippen molar-refractivity contribution in [2.45, 2.75) is 39.7 Å². The first-order valence-corrected chi connectivity index (χ1v) is 10.9. The quantitative estimate of drug-likeness (QED) is 0.340. The molecule has 0 saturated carbocycles. The van der Waals surface area contributed by atoms with E-state index in [1.54, 1.807) is 0 Å². The van der Waals surface area contributed by atoms with E-state index in [9.17, 15) is 0 Å². The zero-order chi connectivity index (χ0) is 21.0. The van der Waals surface area contributed by atoms with E-state index in [4.69, 9.17) is 9.47 Å². The Labute approximate surface area is 181 Å². The van der Waals surface area contributed by atoms with Crippen molar-refractivity contribution in [1.82, 2.24) is 0 Å². The molecular formula is C27H33NO2. The smallest absolute Gasteiger partial charge is 0.119 e. The van der Waals surface area contributed by atoms with E-state index >= 15 is 0 Å². The van der Waals surface area contributed by atoms with E-state index < -0.39 is 0 Å². The molecule has 0 amide bonds. The number of rotatable bonds is 12. The van der Waals surface area contributed by atoms with Crippen molar-refractivity contribution < 1.29 is 9.47 Å². The minimum atomic E-state index is 0.658. The third-order valence-corrected chi connectivity index (χ3v) is 4.93. The number of benzene rings is 3. The lowest BCUT2D eigenvalue weighted by Crippen LogP contribution is -2.03. The van der Waals surface area contributed by atoms with Gasteiger partial charge in [0.1, 0.15) is 11.5 Å². The Bertz CT molecular complexity index is 860. The van der Waals surface area contributed by atoms with Crippen LogP contribution >= 0.6 is 0 Å². The third-order valence-electron chi connectivity index (χ3n) is 4.93. The Balaban J connectivity index is 1.39. The van der Waals surface area contributed by atoms with Gasteiger partial charge in [0.25, 0.3) is 0 Å². The third kappa shape index (κ3) is 7.82. The molecule has 30 heavy (non-hydrogen) atoms. The molecule has 0 heterocycles. The molecule has 0 atom stereocenters. The van der Waals surface area contributed by atoms with Gasteiger partial charge in [-0.3, -0.25) is 0 Å². The minimum absolute atomic E-state index is 0.658. The van der Waals surface area contributed by atoms with Gasteiger partial charge in [-0.2, -0.15) is 0 Å². The van der Waals surface area contributed by atoms with Crippen LogP contribution < -0.4 is 14.8 Å². The van der Waals surface area contributed by atoms with Gasteiger partial charge >= 0.3 is 0 Å². The van der Waals surface area contributed by atoms with Gasteiger partial charge in [-0.1, -0.05) is 56.3 Å². The predicted molar refractivity (Wildman–Crippen MR) is 125 cm³/mol. The summed E-state index contributed by atoms with van der Waals surface area (Å²) in [5.74, 6) is 2.51. The molecule has 3 nitrogen and oxygen atoms in total. The summed E-state index contributed by atoms with van der Waals surface area (Å²) in [5.41, 5.74) is 3.64. The van der Waals surface area contributed by atoms with Crippen LogP contribution in [0.1, 0.15) is 37.8 Å². The highest BCUT2D eigenvalue weighted by atomic mass is 16.5. The molecule has 0 saturated heterocycles. The van der Waals surface area contributed by atoms with Gasteiger partial charge in [-0.05, 0) is 72.7 Å². The molecule has 0 aliphatic carbocycles. The van der Waals surface area contributed by atoms with Gasteiger partial charge in [-0.15, -0.1) is 0 Å². The number of hydrogen-bond donors (Lipinski definition) is 1. The maximum absolute atomic E-state index is 5.87. The lowest BCUT2D eigenvalue weighted by Gasteiger charge is -2.11. The van der Waals surface area contributed by atoms with Crippen LogP contribution in [-0.4, -0.2) is 13.2 Å². The Morgan fingerprint density at radius 1 is 0.733 bits per heavy atom. The van der Waals surface area contributed by atoms with Crippen LogP contribution in [0, 0.1) is 5.92 Å². The summed E-state index contributed by atoms with van der Waals surface area (Å²) in [7, 11) is 0. The summed E-state index contributed by atoms with van der Waals surface area (Å²) in [6.45, 7) is 6.68. The van der Waals surface area contributed by atoms with E-state index in [1.807, 2.05) is 30.3 Å². The molecule has 3 aromatic rings. The Hall–Kier alpha value is -2.94. The fourth-order valence-electron chi connectivity index (χ4n) is 3.14. The van der Waals surface area contributed by atoms with Gasteiger partial charge in [-0.25, -0.2) is 0 Å². The monoisotopic (exact) mass is 403 g/mol. The van der Waals surface area contributed by atoms with Crippen molar-refractivity contribution in [3.8, 4) is 11.5 Å². The summed E-state index contributed by atoms with van der Waals surface area (Å²) in [6.07, 6.45) is 3.13. The molecule has 0 aromatic heterocycles. The van der Waals surface area contributed by atoms with Crippen LogP contribution in [0.25, 0.3) is 0 Å². The van der Waals surface area contributed by atoms with Gasteiger partial charge in [0, 0.05) is 12.2 Å². The molecule has 0 spiro atoms. The van der Waals surface area contributed by atoms with Gasteiger partial charge < -0.3 is 14.8 Å². The second kappa shape index (κ2) is 11.9. The molecule has 0 aliphatic heterocycles. The zero-order valence-electron chi connectivity index (χ0n) is 18.1. The molecular weight excluding hydrogens is 370 g/mol. The fraction of sp³-hybridized carbons (Fsp3) is 0.333. The molecule has 3 heteroatoms. The van der Waals surface area contributed by atoms with Crippen LogP contribution in [0.5, 0.6) is 11.5 Å². The molecule has 0 aliphatic rings. The predicted octanol–water partition coefficient (Wildman–Crippen LogP) is 6.74. The van der Waals surface area contributed by atoms with E-state index in [2.05, 4.69) is 67.7 Å². The van der Waals surface area contributed by atoms with Crippen LogP contribution in [0.4, 0.5) is 5.69 Å². The second-order valence-electron chi connectivity index (χ2n) is 7.99. The minimum Gasteiger partial charge on any atom is -0.494 e. The standard InChI is InChI=1S/C27H33NO2/c1-22(2)17-19-30-27-12-6-10-24(20-27)21-28-25-13-15-26(16-14-25)29-18-7-11-23-8-4-3-5-9-23/h3-6,8-10,12-16,20,22,28H,7,11,17-19,21H2,1-2H3. The highest BCUT2D eigenvalue weighted by Gasteiger charge is 2.01. The zero-order valence-corrected chi connectivity index (χ0v) is 18.1. The summed E-state index contributed by atoms with van der Waals surface area (Å²) in [6, 6.07) is 27.0. The Morgan fingerprint density at radius 2 is 1.47 bits per heavy atom. The van der Waals surface area contributed by atoms with Crippen molar-refractivity contribution in [2.75, 3.05) is 18.5 Å². The first-order chi connectivity index (χ1) is 14.7. The van der Waals surface area contributed by atoms with Crippen molar-refractivity contribution in [3.63, 3.8) is 0 Å². The maximum Gasteiger partial charge on any atom is 0.119 e. The largest absolute Gasteiger partial charge is 0.494 e. The maximum atomic E-state index is 5.87. The van der Waals surface area contributed by atoms with Crippen LogP contribution in [0.3, 0.4) is 0 Å². The number of nitrogens with one attached hydrogen (secondary N) is 1. The first-order valence-electron chi connectivity index (χ1n) is 10.9. The molecule has 3 rings (SSSR count). The van der Waals surface area contributed by atoms with Crippen LogP contribution in [0.15, 0.2) is 78.9 Å². The molecule has 0 unspecified atom stereocenters. The lowest BCUT2D eigenvalue weighted by atomic mass is 10.1. The average Bonchev–Trinajstić information content (AvgIpc) is 2.77. The van der Waals surface area contributed by atoms with Crippen LogP contribution in [-0.2, 0) is 13.0 Å². The number of aryl methyl sites for hydroxylation is 1. The number of anilines is 1. The number of ether oxygens (including phenoxy) is 2. The van der Waals surface area contributed by atoms with Gasteiger partial charge in [0.15, 0.2) is 0 Å². The van der Waals surface area contributed by atoms with E-state index in [0.717, 1.165) is 56.2 Å². The highest BCUT2D eigenvalue weighted by molar-refractivity contribution is 5.47. The molecule has 0 fully saturated rings. The SMILES string of the molecule is CC(C)CCOc1cccc(CNc2ccc(OCCCc3ccccc3)cc2)c1. The van der Waals surface area contributed by atoms with Crippen molar-refractivity contribution in [3.05, 3.63) is 90.0 Å². The van der Waals surface area contributed by atoms with Crippen molar-refractivity contribution in [2.24, 2.45) is 5.92 Å². The molecule has 0 radical (unpaired) electrons. The first kappa shape index (κ1) is 21.8. The topological polar surface area (TPSA) is 30.5 Å². The van der Waals surface area contributed by atoms with Crippen molar-refractivity contribution >= 4 is 5.69 Å². The fourth-order valence-corrected chi connectivity index (χ4v) is 3.14. The normalized spacial score (nSPS) is 10.8. The molecule has 158 valence electrons.